The fraction of sp³-hybridized carbons (Fsp3) is 0.212. The molecule has 206 valence electrons. The van der Waals surface area contributed by atoms with Crippen molar-refractivity contribution in [3.63, 3.8) is 0 Å². The molecule has 1 aromatic heterocycles. The fourth-order valence-electron chi connectivity index (χ4n) is 5.60. The molecule has 6 rings (SSSR count). The number of para-hydroxylation sites is 2. The van der Waals surface area contributed by atoms with Gasteiger partial charge in [-0.25, -0.2) is 13.9 Å². The normalized spacial score (nSPS) is 16.8. The number of aromatic nitrogens is 2. The lowest BCUT2D eigenvalue weighted by atomic mass is 9.83. The minimum absolute atomic E-state index is 0.0490. The Morgan fingerprint density at radius 2 is 1.34 bits per heavy atom. The van der Waals surface area contributed by atoms with E-state index in [0.29, 0.717) is 22.8 Å². The van der Waals surface area contributed by atoms with Crippen molar-refractivity contribution in [2.75, 3.05) is 5.01 Å². The molecule has 1 aliphatic heterocycles. The molecule has 1 amide bonds. The molecule has 0 unspecified atom stereocenters. The number of aryl methyl sites for hydroxylation is 1. The predicted molar refractivity (Wildman–Crippen MR) is 160 cm³/mol. The minimum atomic E-state index is -0.719. The first-order valence-corrected chi connectivity index (χ1v) is 13.9. The van der Waals surface area contributed by atoms with Crippen LogP contribution in [0.3, 0.4) is 0 Å². The molecule has 2 heterocycles. The Morgan fingerprint density at radius 3 is 1.95 bits per heavy atom. The Balaban J connectivity index is 1.58. The second-order valence-electron chi connectivity index (χ2n) is 10.5. The van der Waals surface area contributed by atoms with Gasteiger partial charge >= 0.3 is 5.69 Å². The van der Waals surface area contributed by atoms with Crippen LogP contribution in [0.15, 0.2) is 105 Å². The Kier molecular flexibility index (Phi) is 6.97. The van der Waals surface area contributed by atoms with E-state index in [2.05, 4.69) is 0 Å². The van der Waals surface area contributed by atoms with Crippen molar-refractivity contribution in [3.8, 4) is 17.3 Å². The van der Waals surface area contributed by atoms with Crippen molar-refractivity contribution >= 4 is 23.4 Å². The summed E-state index contributed by atoms with van der Waals surface area (Å²) in [5.74, 6) is -0.861. The van der Waals surface area contributed by atoms with E-state index in [1.165, 1.54) is 11.1 Å². The van der Waals surface area contributed by atoms with Gasteiger partial charge in [-0.05, 0) is 62.2 Å². The summed E-state index contributed by atoms with van der Waals surface area (Å²) in [5.41, 5.74) is 1.69. The molecule has 8 nitrogen and oxygen atoms in total. The number of hydrogen-bond acceptors (Lipinski definition) is 5. The minimum Gasteiger partial charge on any atom is -0.494 e. The van der Waals surface area contributed by atoms with Gasteiger partial charge in [0.05, 0.1) is 28.3 Å². The molecule has 4 aromatic rings. The van der Waals surface area contributed by atoms with Crippen LogP contribution in [-0.4, -0.2) is 25.9 Å². The summed E-state index contributed by atoms with van der Waals surface area (Å²) in [6, 6.07) is 24.7. The molecule has 1 saturated carbocycles. The third-order valence-electron chi connectivity index (χ3n) is 7.76. The van der Waals surface area contributed by atoms with Crippen LogP contribution in [-0.2, 0) is 4.79 Å². The second kappa shape index (κ2) is 10.9. The first-order valence-electron chi connectivity index (χ1n) is 13.9. The number of hydrogen-bond donors (Lipinski definition) is 1. The van der Waals surface area contributed by atoms with Crippen LogP contribution < -0.4 is 16.3 Å². The van der Waals surface area contributed by atoms with Gasteiger partial charge in [0.15, 0.2) is 0 Å². The van der Waals surface area contributed by atoms with Gasteiger partial charge in [0.25, 0.3) is 11.5 Å². The van der Waals surface area contributed by atoms with Crippen molar-refractivity contribution in [1.82, 2.24) is 9.13 Å². The van der Waals surface area contributed by atoms with Crippen LogP contribution >= 0.6 is 0 Å². The average Bonchev–Trinajstić information content (AvgIpc) is 3.33. The van der Waals surface area contributed by atoms with E-state index in [0.717, 1.165) is 46.8 Å². The van der Waals surface area contributed by atoms with Crippen LogP contribution in [0.5, 0.6) is 5.88 Å². The summed E-state index contributed by atoms with van der Waals surface area (Å²) < 4.78 is 2.11. The molecular weight excluding hydrogens is 516 g/mol. The third kappa shape index (κ3) is 4.82. The molecule has 2 aliphatic rings. The molecular formula is C33H30N4O4. The standard InChI is InChI=1S/C33H30N4O4/c1-22-17-19-26(20-18-22)37-32(40)27(29(34-37)23-11-5-2-6-12-23)21-28-30(38)35(24-13-7-3-8-14-24)33(41)36(31(28)39)25-15-9-4-10-16-25/h3-4,7-10,13-21,23,38H,2,5-6,11-12H2,1H3/b27-21-. The van der Waals surface area contributed by atoms with Crippen LogP contribution in [0.25, 0.3) is 17.5 Å². The maximum atomic E-state index is 13.9. The van der Waals surface area contributed by atoms with Gasteiger partial charge in [0, 0.05) is 5.92 Å². The van der Waals surface area contributed by atoms with Crippen molar-refractivity contribution in [2.45, 2.75) is 39.0 Å². The van der Waals surface area contributed by atoms with Crippen LogP contribution in [0.2, 0.25) is 0 Å². The number of benzene rings is 3. The first kappa shape index (κ1) is 26.3. The van der Waals surface area contributed by atoms with E-state index in [1.807, 2.05) is 31.2 Å². The van der Waals surface area contributed by atoms with Gasteiger partial charge in [-0.2, -0.15) is 10.1 Å². The van der Waals surface area contributed by atoms with E-state index in [4.69, 9.17) is 5.10 Å². The zero-order valence-electron chi connectivity index (χ0n) is 22.7. The molecule has 8 heteroatoms. The molecule has 1 N–H and O–H groups in total. The highest BCUT2D eigenvalue weighted by Gasteiger charge is 2.36. The lowest BCUT2D eigenvalue weighted by Gasteiger charge is -2.21. The number of hydrazone groups is 1. The quantitative estimate of drug-likeness (QED) is 0.341. The number of nitrogens with zero attached hydrogens (tertiary/aromatic N) is 4. The smallest absolute Gasteiger partial charge is 0.343 e. The van der Waals surface area contributed by atoms with Crippen molar-refractivity contribution < 1.29 is 9.90 Å². The monoisotopic (exact) mass is 546 g/mol. The highest BCUT2D eigenvalue weighted by atomic mass is 16.3. The van der Waals surface area contributed by atoms with Gasteiger partial charge in [-0.1, -0.05) is 73.4 Å². The van der Waals surface area contributed by atoms with Crippen LogP contribution in [0.4, 0.5) is 5.69 Å². The van der Waals surface area contributed by atoms with Gasteiger partial charge < -0.3 is 5.11 Å². The number of carbonyl (C=O) groups excluding carboxylic acids is 1. The summed E-state index contributed by atoms with van der Waals surface area (Å²) in [7, 11) is 0. The molecule has 0 atom stereocenters. The van der Waals surface area contributed by atoms with E-state index >= 15 is 0 Å². The van der Waals surface area contributed by atoms with Crippen LogP contribution in [0, 0.1) is 12.8 Å². The molecule has 0 radical (unpaired) electrons. The second-order valence-corrected chi connectivity index (χ2v) is 10.5. The van der Waals surface area contributed by atoms with Crippen molar-refractivity contribution in [3.05, 3.63) is 122 Å². The van der Waals surface area contributed by atoms with Gasteiger partial charge in [-0.3, -0.25) is 9.59 Å². The Hall–Kier alpha value is -4.98. The molecule has 41 heavy (non-hydrogen) atoms. The largest absolute Gasteiger partial charge is 0.494 e. The summed E-state index contributed by atoms with van der Waals surface area (Å²) >= 11 is 0. The maximum Gasteiger partial charge on any atom is 0.343 e. The highest BCUT2D eigenvalue weighted by molar-refractivity contribution is 6.33. The van der Waals surface area contributed by atoms with Crippen molar-refractivity contribution in [1.29, 1.82) is 0 Å². The maximum absolute atomic E-state index is 13.9. The van der Waals surface area contributed by atoms with Gasteiger partial charge in [0.1, 0.15) is 5.56 Å². The lowest BCUT2D eigenvalue weighted by Crippen LogP contribution is -2.39. The molecule has 0 spiro atoms. The third-order valence-corrected chi connectivity index (χ3v) is 7.76. The molecule has 0 bridgehead atoms. The number of carbonyl (C=O) groups is 1. The summed E-state index contributed by atoms with van der Waals surface area (Å²) in [5, 5.41) is 17.6. The number of amides is 1. The lowest BCUT2D eigenvalue weighted by molar-refractivity contribution is -0.114. The number of aromatic hydroxyl groups is 1. The molecule has 3 aromatic carbocycles. The Morgan fingerprint density at radius 1 is 0.756 bits per heavy atom. The van der Waals surface area contributed by atoms with E-state index in [-0.39, 0.29) is 23.0 Å². The topological polar surface area (TPSA) is 96.9 Å². The Bertz CT molecular complexity index is 1780. The zero-order valence-corrected chi connectivity index (χ0v) is 22.7. The Labute approximate surface area is 237 Å². The van der Waals surface area contributed by atoms with E-state index in [9.17, 15) is 19.5 Å². The summed E-state index contributed by atoms with van der Waals surface area (Å²) in [6.45, 7) is 1.97. The van der Waals surface area contributed by atoms with Crippen molar-refractivity contribution in [2.24, 2.45) is 11.0 Å². The molecule has 0 saturated heterocycles. The summed E-state index contributed by atoms with van der Waals surface area (Å²) in [4.78, 5) is 41.6. The molecule has 1 aliphatic carbocycles. The van der Waals surface area contributed by atoms with E-state index in [1.54, 1.807) is 60.7 Å². The number of rotatable bonds is 5. The van der Waals surface area contributed by atoms with Crippen LogP contribution in [0.1, 0.15) is 43.2 Å². The highest BCUT2D eigenvalue weighted by Crippen LogP contribution is 2.34. The fourth-order valence-corrected chi connectivity index (χ4v) is 5.60. The first-order chi connectivity index (χ1) is 19.9. The zero-order chi connectivity index (χ0) is 28.5. The SMILES string of the molecule is Cc1ccc(N2N=C(C3CCCCC3)/C(=C/c3c(O)n(-c4ccccc4)c(=O)n(-c4ccccc4)c3=O)C2=O)cc1. The van der Waals surface area contributed by atoms with Gasteiger partial charge in [0.2, 0.25) is 5.88 Å². The predicted octanol–water partition coefficient (Wildman–Crippen LogP) is 5.37. The molecule has 1 fully saturated rings. The van der Waals surface area contributed by atoms with E-state index < -0.39 is 17.1 Å². The number of anilines is 1. The average molecular weight is 547 g/mol. The van der Waals surface area contributed by atoms with Gasteiger partial charge in [-0.15, -0.1) is 0 Å². The summed E-state index contributed by atoms with van der Waals surface area (Å²) in [6.07, 6.45) is 6.37.